The summed E-state index contributed by atoms with van der Waals surface area (Å²) in [6.45, 7) is 3.94. The predicted octanol–water partition coefficient (Wildman–Crippen LogP) is 4.12. The number of halogens is 1. The normalized spacial score (nSPS) is 11.7. The van der Waals surface area contributed by atoms with Gasteiger partial charge in [0.1, 0.15) is 11.9 Å². The van der Waals surface area contributed by atoms with Crippen LogP contribution in [-0.2, 0) is 0 Å². The van der Waals surface area contributed by atoms with Crippen molar-refractivity contribution in [1.29, 1.82) is 5.26 Å². The van der Waals surface area contributed by atoms with E-state index in [0.29, 0.717) is 5.69 Å². The lowest BCUT2D eigenvalue weighted by molar-refractivity contribution is 0.628. The Morgan fingerprint density at radius 2 is 1.74 bits per heavy atom. The van der Waals surface area contributed by atoms with Gasteiger partial charge in [0.25, 0.3) is 0 Å². The smallest absolute Gasteiger partial charge is 0.140 e. The van der Waals surface area contributed by atoms with E-state index >= 15 is 0 Å². The van der Waals surface area contributed by atoms with Gasteiger partial charge >= 0.3 is 0 Å². The Bertz CT molecular complexity index is 609. The van der Waals surface area contributed by atoms with Gasteiger partial charge in [-0.05, 0) is 48.7 Å². The lowest BCUT2D eigenvalue weighted by atomic mass is 9.96. The molecule has 0 aliphatic rings. The van der Waals surface area contributed by atoms with E-state index in [4.69, 9.17) is 0 Å². The highest BCUT2D eigenvalue weighted by molar-refractivity contribution is 5.50. The fourth-order valence-electron chi connectivity index (χ4n) is 2.20. The summed E-state index contributed by atoms with van der Waals surface area (Å²) in [5.41, 5.74) is 3.66. The van der Waals surface area contributed by atoms with Crippen molar-refractivity contribution >= 4 is 5.69 Å². The van der Waals surface area contributed by atoms with Crippen LogP contribution in [-0.4, -0.2) is 0 Å². The molecule has 0 aliphatic heterocycles. The second-order valence-corrected chi connectivity index (χ2v) is 4.52. The standard InChI is InChI=1S/C16H15FN2/c1-11-5-3-6-12(2)16(11)15(10-18)19-14-8-4-7-13(17)9-14/h3-9,15,19H,1-2H3. The minimum absolute atomic E-state index is 0.316. The third-order valence-electron chi connectivity index (χ3n) is 3.10. The summed E-state index contributed by atoms with van der Waals surface area (Å²) >= 11 is 0. The van der Waals surface area contributed by atoms with E-state index in [9.17, 15) is 9.65 Å². The number of anilines is 1. The van der Waals surface area contributed by atoms with Gasteiger partial charge in [0.2, 0.25) is 0 Å². The van der Waals surface area contributed by atoms with Crippen molar-refractivity contribution < 1.29 is 4.39 Å². The van der Waals surface area contributed by atoms with Crippen LogP contribution in [0.2, 0.25) is 0 Å². The molecule has 0 radical (unpaired) electrons. The summed E-state index contributed by atoms with van der Waals surface area (Å²) < 4.78 is 13.2. The fraction of sp³-hybridized carbons (Fsp3) is 0.188. The molecule has 0 spiro atoms. The molecule has 0 saturated heterocycles. The summed E-state index contributed by atoms with van der Waals surface area (Å²) in [6.07, 6.45) is 0. The first-order chi connectivity index (χ1) is 9.11. The molecule has 96 valence electrons. The van der Waals surface area contributed by atoms with E-state index in [-0.39, 0.29) is 5.82 Å². The van der Waals surface area contributed by atoms with Gasteiger partial charge in [0.15, 0.2) is 0 Å². The molecule has 0 aliphatic carbocycles. The zero-order valence-electron chi connectivity index (χ0n) is 10.9. The summed E-state index contributed by atoms with van der Waals surface area (Å²) in [5.74, 6) is -0.316. The first kappa shape index (κ1) is 13.1. The third-order valence-corrected chi connectivity index (χ3v) is 3.10. The Morgan fingerprint density at radius 3 is 2.32 bits per heavy atom. The van der Waals surface area contributed by atoms with E-state index < -0.39 is 6.04 Å². The number of benzene rings is 2. The molecule has 0 heterocycles. The highest BCUT2D eigenvalue weighted by Crippen LogP contribution is 2.25. The Balaban J connectivity index is 2.34. The maximum atomic E-state index is 13.2. The summed E-state index contributed by atoms with van der Waals surface area (Å²) in [6, 6.07) is 13.8. The van der Waals surface area contributed by atoms with Crippen LogP contribution in [0.25, 0.3) is 0 Å². The Labute approximate surface area is 112 Å². The molecule has 1 unspecified atom stereocenters. The molecule has 0 amide bonds. The number of hydrogen-bond donors (Lipinski definition) is 1. The lowest BCUT2D eigenvalue weighted by Gasteiger charge is -2.17. The lowest BCUT2D eigenvalue weighted by Crippen LogP contribution is -2.11. The molecule has 0 fully saturated rings. The van der Waals surface area contributed by atoms with Gasteiger partial charge < -0.3 is 5.32 Å². The zero-order chi connectivity index (χ0) is 13.8. The minimum Gasteiger partial charge on any atom is -0.366 e. The molecule has 19 heavy (non-hydrogen) atoms. The van der Waals surface area contributed by atoms with E-state index in [1.54, 1.807) is 12.1 Å². The molecular formula is C16H15FN2. The van der Waals surface area contributed by atoms with Crippen LogP contribution in [0, 0.1) is 31.0 Å². The molecule has 2 rings (SSSR count). The molecule has 1 N–H and O–H groups in total. The molecule has 2 aromatic rings. The first-order valence-electron chi connectivity index (χ1n) is 6.09. The van der Waals surface area contributed by atoms with Crippen LogP contribution in [0.4, 0.5) is 10.1 Å². The van der Waals surface area contributed by atoms with Gasteiger partial charge in [-0.1, -0.05) is 24.3 Å². The fourth-order valence-corrected chi connectivity index (χ4v) is 2.20. The van der Waals surface area contributed by atoms with Crippen LogP contribution in [0.1, 0.15) is 22.7 Å². The van der Waals surface area contributed by atoms with Crippen molar-refractivity contribution in [2.45, 2.75) is 19.9 Å². The maximum Gasteiger partial charge on any atom is 0.140 e. The monoisotopic (exact) mass is 254 g/mol. The van der Waals surface area contributed by atoms with Gasteiger partial charge in [0, 0.05) is 5.69 Å². The van der Waals surface area contributed by atoms with Crippen molar-refractivity contribution in [3.05, 3.63) is 65.0 Å². The molecule has 1 atom stereocenters. The number of rotatable bonds is 3. The number of nitrogens with one attached hydrogen (secondary N) is 1. The second kappa shape index (κ2) is 5.53. The average Bonchev–Trinajstić information content (AvgIpc) is 2.37. The highest BCUT2D eigenvalue weighted by atomic mass is 19.1. The number of nitriles is 1. The zero-order valence-corrected chi connectivity index (χ0v) is 10.9. The van der Waals surface area contributed by atoms with Crippen molar-refractivity contribution in [2.75, 3.05) is 5.32 Å². The minimum atomic E-state index is -0.483. The van der Waals surface area contributed by atoms with Gasteiger partial charge in [-0.3, -0.25) is 0 Å². The van der Waals surface area contributed by atoms with Gasteiger partial charge in [-0.15, -0.1) is 0 Å². The van der Waals surface area contributed by atoms with E-state index in [2.05, 4.69) is 11.4 Å². The molecule has 0 aromatic heterocycles. The van der Waals surface area contributed by atoms with Crippen LogP contribution >= 0.6 is 0 Å². The van der Waals surface area contributed by atoms with E-state index in [1.807, 2.05) is 32.0 Å². The van der Waals surface area contributed by atoms with E-state index in [1.165, 1.54) is 12.1 Å². The molecular weight excluding hydrogens is 239 g/mol. The number of aryl methyl sites for hydroxylation is 2. The summed E-state index contributed by atoms with van der Waals surface area (Å²) in [4.78, 5) is 0. The van der Waals surface area contributed by atoms with E-state index in [0.717, 1.165) is 16.7 Å². The van der Waals surface area contributed by atoms with Gasteiger partial charge in [0.05, 0.1) is 6.07 Å². The average molecular weight is 254 g/mol. The van der Waals surface area contributed by atoms with Crippen molar-refractivity contribution in [2.24, 2.45) is 0 Å². The SMILES string of the molecule is Cc1cccc(C)c1C(C#N)Nc1cccc(F)c1. The first-order valence-corrected chi connectivity index (χ1v) is 6.09. The molecule has 2 aromatic carbocycles. The predicted molar refractivity (Wildman–Crippen MR) is 74.3 cm³/mol. The van der Waals surface area contributed by atoms with Gasteiger partial charge in [-0.2, -0.15) is 5.26 Å². The summed E-state index contributed by atoms with van der Waals surface area (Å²) in [5, 5.41) is 12.4. The number of hydrogen-bond acceptors (Lipinski definition) is 2. The van der Waals surface area contributed by atoms with Crippen molar-refractivity contribution in [1.82, 2.24) is 0 Å². The largest absolute Gasteiger partial charge is 0.366 e. The van der Waals surface area contributed by atoms with Crippen LogP contribution < -0.4 is 5.32 Å². The topological polar surface area (TPSA) is 35.8 Å². The molecule has 3 heteroatoms. The van der Waals surface area contributed by atoms with Crippen molar-refractivity contribution in [3.8, 4) is 6.07 Å². The molecule has 0 bridgehead atoms. The number of nitrogens with zero attached hydrogens (tertiary/aromatic N) is 1. The third kappa shape index (κ3) is 2.92. The highest BCUT2D eigenvalue weighted by Gasteiger charge is 2.15. The Hall–Kier alpha value is -2.34. The van der Waals surface area contributed by atoms with Crippen LogP contribution in [0.15, 0.2) is 42.5 Å². The molecule has 2 nitrogen and oxygen atoms in total. The quantitative estimate of drug-likeness (QED) is 0.894. The van der Waals surface area contributed by atoms with Crippen molar-refractivity contribution in [3.63, 3.8) is 0 Å². The second-order valence-electron chi connectivity index (χ2n) is 4.52. The van der Waals surface area contributed by atoms with Crippen LogP contribution in [0.3, 0.4) is 0 Å². The van der Waals surface area contributed by atoms with Gasteiger partial charge in [-0.25, -0.2) is 4.39 Å². The maximum absolute atomic E-state index is 13.2. The summed E-state index contributed by atoms with van der Waals surface area (Å²) in [7, 11) is 0. The Morgan fingerprint density at radius 1 is 1.11 bits per heavy atom. The molecule has 0 saturated carbocycles. The Kier molecular flexibility index (Phi) is 3.82. The van der Waals surface area contributed by atoms with Crippen LogP contribution in [0.5, 0.6) is 0 Å².